The summed E-state index contributed by atoms with van der Waals surface area (Å²) in [5.74, 6) is -1.18. The molecule has 0 spiro atoms. The van der Waals surface area contributed by atoms with E-state index in [1.807, 2.05) is 0 Å². The molecule has 0 aliphatic carbocycles. The summed E-state index contributed by atoms with van der Waals surface area (Å²) in [5.41, 5.74) is 1.20. The molecule has 0 bridgehead atoms. The van der Waals surface area contributed by atoms with Crippen LogP contribution in [-0.2, 0) is 4.79 Å². The number of carbonyl (C=O) groups excluding carboxylic acids is 2. The summed E-state index contributed by atoms with van der Waals surface area (Å²) < 4.78 is 44.1. The highest BCUT2D eigenvalue weighted by Gasteiger charge is 2.32. The molecule has 12 heteroatoms. The molecule has 1 aliphatic heterocycles. The van der Waals surface area contributed by atoms with Gasteiger partial charge in [0.2, 0.25) is 5.91 Å². The van der Waals surface area contributed by atoms with Crippen LogP contribution < -0.4 is 10.1 Å². The standard InChI is InChI=1S/C20H15BrF3N5O3/c21-13-6-12(7-15(8-13)32-20(22,23)24)17-9-16(19(31)28-5-4-26-18(30)11-28)27-29(17)14-2-1-3-25-10-14/h1-3,6-10H,4-5,11H2,(H,26,30). The normalized spacial score (nSPS) is 14.2. The van der Waals surface area contributed by atoms with Crippen molar-refractivity contribution in [3.63, 3.8) is 0 Å². The number of pyridine rings is 1. The predicted molar refractivity (Wildman–Crippen MR) is 110 cm³/mol. The van der Waals surface area contributed by atoms with Crippen LogP contribution in [0.15, 0.2) is 53.3 Å². The van der Waals surface area contributed by atoms with Gasteiger partial charge in [-0.2, -0.15) is 5.10 Å². The van der Waals surface area contributed by atoms with Crippen molar-refractivity contribution in [2.45, 2.75) is 6.36 Å². The second-order valence-corrected chi connectivity index (χ2v) is 7.75. The second kappa shape index (κ2) is 8.61. The van der Waals surface area contributed by atoms with Crippen molar-refractivity contribution in [1.82, 2.24) is 25.0 Å². The van der Waals surface area contributed by atoms with Gasteiger partial charge in [-0.1, -0.05) is 15.9 Å². The lowest BCUT2D eigenvalue weighted by Crippen LogP contribution is -2.50. The van der Waals surface area contributed by atoms with Gasteiger partial charge in [0.1, 0.15) is 5.75 Å². The lowest BCUT2D eigenvalue weighted by molar-refractivity contribution is -0.274. The molecule has 0 radical (unpaired) electrons. The Morgan fingerprint density at radius 2 is 2.03 bits per heavy atom. The smallest absolute Gasteiger partial charge is 0.406 e. The molecule has 0 saturated carbocycles. The van der Waals surface area contributed by atoms with Crippen molar-refractivity contribution < 1.29 is 27.5 Å². The fourth-order valence-electron chi connectivity index (χ4n) is 3.24. The van der Waals surface area contributed by atoms with Crippen LogP contribution >= 0.6 is 15.9 Å². The lowest BCUT2D eigenvalue weighted by Gasteiger charge is -2.25. The minimum Gasteiger partial charge on any atom is -0.406 e. The van der Waals surface area contributed by atoms with Crippen LogP contribution in [0.3, 0.4) is 0 Å². The number of piperazine rings is 1. The van der Waals surface area contributed by atoms with Crippen LogP contribution in [0.2, 0.25) is 0 Å². The largest absolute Gasteiger partial charge is 0.573 e. The summed E-state index contributed by atoms with van der Waals surface area (Å²) in [5, 5.41) is 7.01. The molecule has 1 N–H and O–H groups in total. The van der Waals surface area contributed by atoms with E-state index in [-0.39, 0.29) is 18.1 Å². The molecule has 1 saturated heterocycles. The van der Waals surface area contributed by atoms with Gasteiger partial charge < -0.3 is 15.0 Å². The monoisotopic (exact) mass is 509 g/mol. The number of benzene rings is 1. The van der Waals surface area contributed by atoms with E-state index in [9.17, 15) is 22.8 Å². The number of aromatic nitrogens is 3. The van der Waals surface area contributed by atoms with Gasteiger partial charge >= 0.3 is 6.36 Å². The minimum absolute atomic E-state index is 0.0387. The van der Waals surface area contributed by atoms with E-state index in [0.29, 0.717) is 34.5 Å². The third-order valence-electron chi connectivity index (χ3n) is 4.55. The Labute approximate surface area is 188 Å². The molecule has 4 rings (SSSR count). The van der Waals surface area contributed by atoms with E-state index in [2.05, 4.69) is 36.1 Å². The van der Waals surface area contributed by atoms with Crippen LogP contribution in [0.5, 0.6) is 5.75 Å². The number of rotatable bonds is 4. The number of carbonyl (C=O) groups is 2. The van der Waals surface area contributed by atoms with E-state index in [0.717, 1.165) is 0 Å². The maximum Gasteiger partial charge on any atom is 0.573 e. The topological polar surface area (TPSA) is 89.4 Å². The highest BCUT2D eigenvalue weighted by atomic mass is 79.9. The minimum atomic E-state index is -4.86. The van der Waals surface area contributed by atoms with Crippen LogP contribution in [0.25, 0.3) is 16.9 Å². The average molecular weight is 510 g/mol. The first-order valence-corrected chi connectivity index (χ1v) is 10.1. The van der Waals surface area contributed by atoms with Gasteiger partial charge in [-0.05, 0) is 36.4 Å². The van der Waals surface area contributed by atoms with Crippen molar-refractivity contribution >= 4 is 27.7 Å². The van der Waals surface area contributed by atoms with Crippen molar-refractivity contribution in [2.75, 3.05) is 19.6 Å². The summed E-state index contributed by atoms with van der Waals surface area (Å²) in [6.45, 7) is 0.541. The van der Waals surface area contributed by atoms with Gasteiger partial charge in [0.05, 0.1) is 24.1 Å². The Morgan fingerprint density at radius 3 is 2.72 bits per heavy atom. The second-order valence-electron chi connectivity index (χ2n) is 6.84. The maximum absolute atomic E-state index is 13.0. The maximum atomic E-state index is 13.0. The molecular formula is C20H15BrF3N5O3. The first-order chi connectivity index (χ1) is 15.2. The summed E-state index contributed by atoms with van der Waals surface area (Å²) in [7, 11) is 0. The van der Waals surface area contributed by atoms with Gasteiger partial charge in [0, 0.05) is 29.3 Å². The molecule has 1 fully saturated rings. The molecule has 1 aromatic carbocycles. The van der Waals surface area contributed by atoms with Gasteiger partial charge in [-0.15, -0.1) is 13.2 Å². The van der Waals surface area contributed by atoms with E-state index in [4.69, 9.17) is 0 Å². The van der Waals surface area contributed by atoms with E-state index in [1.54, 1.807) is 24.4 Å². The molecular weight excluding hydrogens is 495 g/mol. The Hall–Kier alpha value is -3.41. The number of alkyl halides is 3. The Bertz CT molecular complexity index is 1170. The molecule has 2 aromatic heterocycles. The fraction of sp³-hybridized carbons (Fsp3) is 0.200. The molecule has 3 heterocycles. The van der Waals surface area contributed by atoms with E-state index >= 15 is 0 Å². The van der Waals surface area contributed by atoms with E-state index < -0.39 is 18.0 Å². The van der Waals surface area contributed by atoms with Crippen LogP contribution in [0, 0.1) is 0 Å². The molecule has 3 aromatic rings. The molecule has 166 valence electrons. The van der Waals surface area contributed by atoms with Crippen molar-refractivity contribution in [3.05, 3.63) is 59.0 Å². The van der Waals surface area contributed by atoms with Gasteiger partial charge in [-0.3, -0.25) is 14.6 Å². The molecule has 1 aliphatic rings. The number of hydrogen-bond donors (Lipinski definition) is 1. The summed E-state index contributed by atoms with van der Waals surface area (Å²) in [4.78, 5) is 30.0. The number of hydrogen-bond acceptors (Lipinski definition) is 5. The number of nitrogens with zero attached hydrogens (tertiary/aromatic N) is 4. The Morgan fingerprint density at radius 1 is 1.22 bits per heavy atom. The molecule has 0 atom stereocenters. The van der Waals surface area contributed by atoms with Crippen molar-refractivity contribution in [3.8, 4) is 22.7 Å². The summed E-state index contributed by atoms with van der Waals surface area (Å²) in [6.07, 6.45) is -1.80. The van der Waals surface area contributed by atoms with Gasteiger partial charge in [-0.25, -0.2) is 4.68 Å². The third-order valence-corrected chi connectivity index (χ3v) is 5.00. The number of nitrogens with one attached hydrogen (secondary N) is 1. The van der Waals surface area contributed by atoms with Crippen molar-refractivity contribution in [1.29, 1.82) is 0 Å². The van der Waals surface area contributed by atoms with Crippen molar-refractivity contribution in [2.24, 2.45) is 0 Å². The van der Waals surface area contributed by atoms with E-state index in [1.165, 1.54) is 34.0 Å². The van der Waals surface area contributed by atoms with Crippen LogP contribution in [0.4, 0.5) is 13.2 Å². The zero-order valence-corrected chi connectivity index (χ0v) is 17.9. The number of amides is 2. The Balaban J connectivity index is 1.79. The van der Waals surface area contributed by atoms with Crippen LogP contribution in [0.1, 0.15) is 10.5 Å². The first kappa shape index (κ1) is 21.8. The molecule has 0 unspecified atom stereocenters. The average Bonchev–Trinajstić information content (AvgIpc) is 3.18. The molecule has 8 nitrogen and oxygen atoms in total. The van der Waals surface area contributed by atoms with Gasteiger partial charge in [0.15, 0.2) is 5.69 Å². The predicted octanol–water partition coefficient (Wildman–Crippen LogP) is 3.17. The number of halogens is 4. The Kier molecular flexibility index (Phi) is 5.87. The quantitative estimate of drug-likeness (QED) is 0.583. The summed E-state index contributed by atoms with van der Waals surface area (Å²) in [6, 6.07) is 8.77. The number of ether oxygens (including phenoxy) is 1. The lowest BCUT2D eigenvalue weighted by atomic mass is 10.1. The SMILES string of the molecule is O=C1CN(C(=O)c2cc(-c3cc(Br)cc(OC(F)(F)F)c3)n(-c3cccnc3)n2)CCN1. The molecule has 32 heavy (non-hydrogen) atoms. The summed E-state index contributed by atoms with van der Waals surface area (Å²) >= 11 is 3.19. The van der Waals surface area contributed by atoms with Crippen LogP contribution in [-0.4, -0.2) is 57.5 Å². The highest BCUT2D eigenvalue weighted by Crippen LogP contribution is 2.33. The third kappa shape index (κ3) is 4.90. The first-order valence-electron chi connectivity index (χ1n) is 9.33. The highest BCUT2D eigenvalue weighted by molar-refractivity contribution is 9.10. The zero-order chi connectivity index (χ0) is 22.9. The molecule has 2 amide bonds. The fourth-order valence-corrected chi connectivity index (χ4v) is 3.72. The van der Waals surface area contributed by atoms with Gasteiger partial charge in [0.25, 0.3) is 5.91 Å². The zero-order valence-electron chi connectivity index (χ0n) is 16.3.